The van der Waals surface area contributed by atoms with E-state index in [0.717, 1.165) is 84.0 Å². The third kappa shape index (κ3) is 4.97. The third-order valence-electron chi connectivity index (χ3n) is 10.7. The standard InChI is InChI=1S/C36H41BN4O3/c1-24(2)31-5-3-4-6-32(31)35(43)10-11-36(37,44)41(35)30-20-34(21-30)12-15-40(16-13-34)29-8-7-27(23-42)28(19-29)18-25-17-26-9-14-38-33(26)39-22-25/h3-9,14,17,19,22-24,30,43-44H,10-13,15-16,18,20-21H2,1-2H3,(H,38,39). The van der Waals surface area contributed by atoms with Gasteiger partial charge in [-0.25, -0.2) is 9.88 Å². The van der Waals surface area contributed by atoms with Crippen molar-refractivity contribution in [2.75, 3.05) is 18.0 Å². The second-order valence-electron chi connectivity index (χ2n) is 13.8. The molecular formula is C36H41BN4O3. The van der Waals surface area contributed by atoms with E-state index in [9.17, 15) is 15.0 Å². The van der Waals surface area contributed by atoms with Crippen LogP contribution in [-0.2, 0) is 12.1 Å². The van der Waals surface area contributed by atoms with Gasteiger partial charge in [-0.3, -0.25) is 4.79 Å². The normalized spacial score (nSPS) is 25.6. The predicted molar refractivity (Wildman–Crippen MR) is 174 cm³/mol. The number of benzene rings is 2. The first-order valence-electron chi connectivity index (χ1n) is 16.0. The van der Waals surface area contributed by atoms with Crippen LogP contribution in [0.15, 0.2) is 67.0 Å². The topological polar surface area (TPSA) is 92.7 Å². The van der Waals surface area contributed by atoms with Crippen molar-refractivity contribution in [2.24, 2.45) is 5.41 Å². The molecule has 4 heterocycles. The van der Waals surface area contributed by atoms with Crippen molar-refractivity contribution in [1.29, 1.82) is 0 Å². The molecule has 3 N–H and O–H groups in total. The number of nitrogens with zero attached hydrogens (tertiary/aromatic N) is 3. The number of aromatic amines is 1. The molecule has 7 nitrogen and oxygen atoms in total. The van der Waals surface area contributed by atoms with Crippen LogP contribution >= 0.6 is 0 Å². The molecule has 2 atom stereocenters. The van der Waals surface area contributed by atoms with E-state index < -0.39 is 11.3 Å². The zero-order valence-electron chi connectivity index (χ0n) is 25.7. The number of aldehydes is 1. The number of piperidine rings is 1. The molecule has 2 aliphatic heterocycles. The molecule has 1 spiro atoms. The molecule has 0 bridgehead atoms. The number of nitrogens with one attached hydrogen (secondary N) is 1. The molecule has 3 fully saturated rings. The van der Waals surface area contributed by atoms with Crippen LogP contribution in [0.1, 0.15) is 90.9 Å². The first-order valence-corrected chi connectivity index (χ1v) is 16.0. The van der Waals surface area contributed by atoms with Crippen molar-refractivity contribution in [3.8, 4) is 0 Å². The predicted octanol–water partition coefficient (Wildman–Crippen LogP) is 5.59. The van der Waals surface area contributed by atoms with Crippen molar-refractivity contribution >= 4 is 30.9 Å². The Balaban J connectivity index is 1.05. The van der Waals surface area contributed by atoms with Crippen molar-refractivity contribution < 1.29 is 15.0 Å². The van der Waals surface area contributed by atoms with E-state index in [1.807, 2.05) is 47.6 Å². The minimum absolute atomic E-state index is 0.0220. The second-order valence-corrected chi connectivity index (χ2v) is 13.8. The van der Waals surface area contributed by atoms with Crippen molar-refractivity contribution in [3.05, 3.63) is 94.8 Å². The Labute approximate surface area is 260 Å². The first-order chi connectivity index (χ1) is 21.1. The first kappa shape index (κ1) is 29.3. The summed E-state index contributed by atoms with van der Waals surface area (Å²) in [7, 11) is 6.49. The highest BCUT2D eigenvalue weighted by Gasteiger charge is 2.60. The molecule has 7 rings (SSSR count). The van der Waals surface area contributed by atoms with Crippen LogP contribution in [0.4, 0.5) is 5.69 Å². The highest BCUT2D eigenvalue weighted by Crippen LogP contribution is 2.57. The number of hydrogen-bond acceptors (Lipinski definition) is 6. The van der Waals surface area contributed by atoms with Gasteiger partial charge in [0.25, 0.3) is 0 Å². The van der Waals surface area contributed by atoms with Gasteiger partial charge in [0.05, 0.1) is 5.62 Å². The average Bonchev–Trinajstić information content (AvgIpc) is 3.57. The van der Waals surface area contributed by atoms with Gasteiger partial charge in [0, 0.05) is 53.7 Å². The zero-order valence-corrected chi connectivity index (χ0v) is 25.7. The van der Waals surface area contributed by atoms with Crippen LogP contribution in [0.25, 0.3) is 11.0 Å². The van der Waals surface area contributed by atoms with E-state index in [4.69, 9.17) is 7.85 Å². The average molecular weight is 589 g/mol. The van der Waals surface area contributed by atoms with E-state index in [0.29, 0.717) is 24.8 Å². The van der Waals surface area contributed by atoms with E-state index in [-0.39, 0.29) is 17.4 Å². The molecule has 3 aliphatic rings. The number of hydrogen-bond donors (Lipinski definition) is 3. The monoisotopic (exact) mass is 588 g/mol. The number of H-pyrrole nitrogens is 1. The molecule has 8 heteroatoms. The largest absolute Gasteiger partial charge is 0.385 e. The minimum atomic E-state index is -1.54. The van der Waals surface area contributed by atoms with Gasteiger partial charge in [0.2, 0.25) is 0 Å². The lowest BCUT2D eigenvalue weighted by atomic mass is 9.59. The molecule has 2 unspecified atom stereocenters. The molecule has 44 heavy (non-hydrogen) atoms. The fourth-order valence-corrected chi connectivity index (χ4v) is 8.30. The Morgan fingerprint density at radius 1 is 1.05 bits per heavy atom. The van der Waals surface area contributed by atoms with Gasteiger partial charge in [-0.1, -0.05) is 38.1 Å². The van der Waals surface area contributed by atoms with Crippen molar-refractivity contribution in [1.82, 2.24) is 14.9 Å². The maximum atomic E-state index is 12.2. The van der Waals surface area contributed by atoms with E-state index in [2.05, 4.69) is 53.0 Å². The zero-order chi connectivity index (χ0) is 30.7. The van der Waals surface area contributed by atoms with Crippen LogP contribution in [-0.4, -0.2) is 64.0 Å². The SMILES string of the molecule is [B]C1(O)CCC(O)(c2ccccc2C(C)C)N1C1CC2(CCN(c3ccc(C=O)c(Cc4cnc5[nH]ccc5c4)c3)CC2)C1. The van der Waals surface area contributed by atoms with Gasteiger partial charge in [-0.05, 0) is 103 Å². The number of likely N-dealkylation sites (tertiary alicyclic amines) is 1. The molecule has 1 aliphatic carbocycles. The van der Waals surface area contributed by atoms with Crippen LogP contribution in [0.2, 0.25) is 0 Å². The smallest absolute Gasteiger partial charge is 0.150 e. The van der Waals surface area contributed by atoms with Gasteiger partial charge in [0.1, 0.15) is 25.5 Å². The quantitative estimate of drug-likeness (QED) is 0.193. The summed E-state index contributed by atoms with van der Waals surface area (Å²) >= 11 is 0. The summed E-state index contributed by atoms with van der Waals surface area (Å²) in [5, 5.41) is 24.5. The number of pyridine rings is 1. The Bertz CT molecular complexity index is 1680. The number of carbonyl (C=O) groups is 1. The number of carbonyl (C=O) groups excluding carboxylic acids is 1. The lowest BCUT2D eigenvalue weighted by molar-refractivity contribution is -0.210. The molecular weight excluding hydrogens is 547 g/mol. The van der Waals surface area contributed by atoms with Gasteiger partial charge in [0.15, 0.2) is 0 Å². The maximum absolute atomic E-state index is 12.2. The van der Waals surface area contributed by atoms with Gasteiger partial charge in [-0.15, -0.1) is 0 Å². The Kier molecular flexibility index (Phi) is 7.23. The molecule has 4 aromatic rings. The summed E-state index contributed by atoms with van der Waals surface area (Å²) in [5.41, 5.74) is 4.13. The summed E-state index contributed by atoms with van der Waals surface area (Å²) < 4.78 is 0. The molecule has 0 amide bonds. The summed E-state index contributed by atoms with van der Waals surface area (Å²) in [5.74, 6) is 0.251. The van der Waals surface area contributed by atoms with Gasteiger partial charge >= 0.3 is 0 Å². The van der Waals surface area contributed by atoms with Gasteiger partial charge < -0.3 is 20.1 Å². The highest BCUT2D eigenvalue weighted by molar-refractivity contribution is 6.14. The van der Waals surface area contributed by atoms with Crippen molar-refractivity contribution in [2.45, 2.75) is 82.1 Å². The lowest BCUT2D eigenvalue weighted by Crippen LogP contribution is -2.64. The number of aliphatic hydroxyl groups is 2. The van der Waals surface area contributed by atoms with E-state index in [1.165, 1.54) is 0 Å². The maximum Gasteiger partial charge on any atom is 0.150 e. The van der Waals surface area contributed by atoms with Crippen LogP contribution in [0, 0.1) is 5.41 Å². The minimum Gasteiger partial charge on any atom is -0.385 e. The van der Waals surface area contributed by atoms with Crippen LogP contribution < -0.4 is 4.90 Å². The molecule has 1 saturated carbocycles. The fraction of sp³-hybridized carbons (Fsp3) is 0.444. The van der Waals surface area contributed by atoms with Gasteiger partial charge in [-0.2, -0.15) is 0 Å². The summed E-state index contributed by atoms with van der Waals surface area (Å²) in [6, 6.07) is 18.4. The number of aromatic nitrogens is 2. The second kappa shape index (κ2) is 10.9. The summed E-state index contributed by atoms with van der Waals surface area (Å²) in [4.78, 5) is 23.8. The number of fused-ring (bicyclic) bond motifs is 1. The summed E-state index contributed by atoms with van der Waals surface area (Å²) in [6.07, 6.45) is 10.0. The molecule has 2 radical (unpaired) electrons. The molecule has 226 valence electrons. The summed E-state index contributed by atoms with van der Waals surface area (Å²) in [6.45, 7) is 6.13. The molecule has 2 aromatic heterocycles. The highest BCUT2D eigenvalue weighted by atomic mass is 16.4. The molecule has 2 saturated heterocycles. The van der Waals surface area contributed by atoms with Crippen molar-refractivity contribution in [3.63, 3.8) is 0 Å². The Morgan fingerprint density at radius 3 is 2.57 bits per heavy atom. The van der Waals surface area contributed by atoms with Crippen LogP contribution in [0.5, 0.6) is 0 Å². The van der Waals surface area contributed by atoms with E-state index >= 15 is 0 Å². The lowest BCUT2D eigenvalue weighted by Gasteiger charge is -2.59. The number of anilines is 1. The Hall–Kier alpha value is -3.46. The van der Waals surface area contributed by atoms with Crippen LogP contribution in [0.3, 0.4) is 0 Å². The van der Waals surface area contributed by atoms with E-state index in [1.54, 1.807) is 0 Å². The Morgan fingerprint density at radius 2 is 1.82 bits per heavy atom. The fourth-order valence-electron chi connectivity index (χ4n) is 8.30. The number of rotatable bonds is 7. The molecule has 2 aromatic carbocycles. The third-order valence-corrected chi connectivity index (χ3v) is 10.7.